The van der Waals surface area contributed by atoms with Gasteiger partial charge in [0.25, 0.3) is 5.91 Å². The van der Waals surface area contributed by atoms with Gasteiger partial charge in [-0.05, 0) is 55.7 Å². The fraction of sp³-hybridized carbons (Fsp3) is 0.370. The number of anilines is 2. The minimum atomic E-state index is -0.313. The molecule has 1 aromatic heterocycles. The monoisotopic (exact) mass is 475 g/mol. The average Bonchev–Trinajstić information content (AvgIpc) is 3.42. The molecule has 0 bridgehead atoms. The number of benzene rings is 2. The van der Waals surface area contributed by atoms with Crippen molar-refractivity contribution < 1.29 is 13.9 Å². The maximum Gasteiger partial charge on any atom is 0.256 e. The first-order valence-electron chi connectivity index (χ1n) is 12.2. The first kappa shape index (κ1) is 23.2. The summed E-state index contributed by atoms with van der Waals surface area (Å²) in [4.78, 5) is 26.9. The summed E-state index contributed by atoms with van der Waals surface area (Å²) in [7, 11) is 0. The van der Waals surface area contributed by atoms with Crippen molar-refractivity contribution in [3.63, 3.8) is 0 Å². The molecule has 2 fully saturated rings. The van der Waals surface area contributed by atoms with E-state index in [0.717, 1.165) is 45.6 Å². The second-order valence-electron chi connectivity index (χ2n) is 9.04. The molecule has 3 aromatic rings. The summed E-state index contributed by atoms with van der Waals surface area (Å²) in [5.74, 6) is 0.555. The Balaban J connectivity index is 1.39. The Bertz CT molecular complexity index is 1170. The highest BCUT2D eigenvalue weighted by Crippen LogP contribution is 2.26. The minimum Gasteiger partial charge on any atom is -0.376 e. The van der Waals surface area contributed by atoms with Gasteiger partial charge in [0, 0.05) is 56.8 Å². The van der Waals surface area contributed by atoms with Crippen LogP contribution in [-0.4, -0.2) is 61.3 Å². The highest BCUT2D eigenvalue weighted by Gasteiger charge is 2.26. The second kappa shape index (κ2) is 10.4. The molecule has 8 heteroatoms. The van der Waals surface area contributed by atoms with E-state index in [1.165, 1.54) is 23.4 Å². The maximum absolute atomic E-state index is 13.4. The number of nitrogens with one attached hydrogen (secondary N) is 1. The van der Waals surface area contributed by atoms with E-state index >= 15 is 0 Å². The molecule has 182 valence electrons. The van der Waals surface area contributed by atoms with Crippen molar-refractivity contribution in [1.29, 1.82) is 0 Å². The Hall–Kier alpha value is -3.52. The number of aromatic nitrogens is 2. The number of amides is 1. The van der Waals surface area contributed by atoms with Crippen molar-refractivity contribution in [3.8, 4) is 11.4 Å². The van der Waals surface area contributed by atoms with Gasteiger partial charge in [0.1, 0.15) is 17.2 Å². The van der Waals surface area contributed by atoms with Crippen molar-refractivity contribution in [2.45, 2.75) is 25.9 Å². The molecule has 1 N–H and O–H groups in total. The van der Waals surface area contributed by atoms with Crippen molar-refractivity contribution in [1.82, 2.24) is 15.3 Å². The van der Waals surface area contributed by atoms with Gasteiger partial charge < -0.3 is 19.9 Å². The lowest BCUT2D eigenvalue weighted by Crippen LogP contribution is -2.47. The van der Waals surface area contributed by atoms with E-state index < -0.39 is 0 Å². The molecule has 35 heavy (non-hydrogen) atoms. The highest BCUT2D eigenvalue weighted by atomic mass is 19.1. The molecule has 5 rings (SSSR count). The average molecular weight is 476 g/mol. The van der Waals surface area contributed by atoms with E-state index in [4.69, 9.17) is 9.72 Å². The molecule has 7 nitrogen and oxygen atoms in total. The summed E-state index contributed by atoms with van der Waals surface area (Å²) >= 11 is 0. The SMILES string of the molecule is Cc1ccccc1N1CCN(c2nc(-c3ccc(F)cc3)ncc2C(=O)NC[C@@H]2CCCO2)CC1. The zero-order chi connectivity index (χ0) is 24.2. The molecule has 2 aliphatic heterocycles. The molecular formula is C27H30FN5O2. The summed E-state index contributed by atoms with van der Waals surface area (Å²) in [6.07, 6.45) is 3.61. The van der Waals surface area contributed by atoms with Crippen molar-refractivity contribution in [3.05, 3.63) is 71.7 Å². The van der Waals surface area contributed by atoms with Crippen LogP contribution in [0.5, 0.6) is 0 Å². The number of carbonyl (C=O) groups is 1. The van der Waals surface area contributed by atoms with Crippen LogP contribution in [0.25, 0.3) is 11.4 Å². The number of rotatable bonds is 6. The Morgan fingerprint density at radius 1 is 1.09 bits per heavy atom. The second-order valence-corrected chi connectivity index (χ2v) is 9.04. The fourth-order valence-electron chi connectivity index (χ4n) is 4.70. The Kier molecular flexibility index (Phi) is 6.90. The first-order valence-corrected chi connectivity index (χ1v) is 12.2. The number of hydrogen-bond donors (Lipinski definition) is 1. The van der Waals surface area contributed by atoms with Crippen LogP contribution in [0.4, 0.5) is 15.9 Å². The molecule has 2 saturated heterocycles. The van der Waals surface area contributed by atoms with Crippen LogP contribution in [0.3, 0.4) is 0 Å². The van der Waals surface area contributed by atoms with Gasteiger partial charge in [-0.25, -0.2) is 14.4 Å². The lowest BCUT2D eigenvalue weighted by molar-refractivity contribution is 0.0857. The summed E-state index contributed by atoms with van der Waals surface area (Å²) in [5.41, 5.74) is 3.63. The number of halogens is 1. The van der Waals surface area contributed by atoms with Crippen LogP contribution in [-0.2, 0) is 4.74 Å². The third-order valence-corrected chi connectivity index (χ3v) is 6.67. The van der Waals surface area contributed by atoms with Crippen LogP contribution < -0.4 is 15.1 Å². The summed E-state index contributed by atoms with van der Waals surface area (Å²) in [6.45, 7) is 6.42. The predicted molar refractivity (Wildman–Crippen MR) is 134 cm³/mol. The van der Waals surface area contributed by atoms with Gasteiger partial charge in [0.05, 0.1) is 6.10 Å². The van der Waals surface area contributed by atoms with Crippen LogP contribution in [0, 0.1) is 12.7 Å². The third-order valence-electron chi connectivity index (χ3n) is 6.67. The van der Waals surface area contributed by atoms with Crippen molar-refractivity contribution in [2.75, 3.05) is 49.1 Å². The molecule has 2 aliphatic rings. The third kappa shape index (κ3) is 5.27. The molecule has 0 spiro atoms. The molecule has 0 unspecified atom stereocenters. The van der Waals surface area contributed by atoms with Crippen LogP contribution >= 0.6 is 0 Å². The lowest BCUT2D eigenvalue weighted by Gasteiger charge is -2.38. The molecule has 3 heterocycles. The van der Waals surface area contributed by atoms with E-state index in [1.54, 1.807) is 18.3 Å². The van der Waals surface area contributed by atoms with E-state index in [9.17, 15) is 9.18 Å². The molecule has 0 radical (unpaired) electrons. The molecule has 0 aliphatic carbocycles. The quantitative estimate of drug-likeness (QED) is 0.585. The molecule has 1 amide bonds. The minimum absolute atomic E-state index is 0.0551. The van der Waals surface area contributed by atoms with Crippen molar-refractivity contribution in [2.24, 2.45) is 0 Å². The highest BCUT2D eigenvalue weighted by molar-refractivity contribution is 5.99. The van der Waals surface area contributed by atoms with Crippen LogP contribution in [0.2, 0.25) is 0 Å². The first-order chi connectivity index (χ1) is 17.1. The van der Waals surface area contributed by atoms with Gasteiger partial charge in [-0.15, -0.1) is 0 Å². The van der Waals surface area contributed by atoms with E-state index in [0.29, 0.717) is 29.3 Å². The summed E-state index contributed by atoms with van der Waals surface area (Å²) in [6, 6.07) is 14.5. The number of hydrogen-bond acceptors (Lipinski definition) is 6. The predicted octanol–water partition coefficient (Wildman–Crippen LogP) is 3.83. The standard InChI is InChI=1S/C27H30FN5O2/c1-19-5-2-3-7-24(19)32-12-14-33(15-13-32)26-23(27(34)30-17-22-6-4-16-35-22)18-29-25(31-26)20-8-10-21(28)11-9-20/h2-3,5,7-11,18,22H,4,6,12-17H2,1H3,(H,30,34)/t22-/m0/s1. The van der Waals surface area contributed by atoms with Crippen LogP contribution in [0.15, 0.2) is 54.7 Å². The number of nitrogens with zero attached hydrogens (tertiary/aromatic N) is 4. The van der Waals surface area contributed by atoms with Gasteiger partial charge in [-0.1, -0.05) is 18.2 Å². The number of piperazine rings is 1. The zero-order valence-electron chi connectivity index (χ0n) is 19.9. The van der Waals surface area contributed by atoms with Gasteiger partial charge in [-0.2, -0.15) is 0 Å². The largest absolute Gasteiger partial charge is 0.376 e. The van der Waals surface area contributed by atoms with Gasteiger partial charge in [0.15, 0.2) is 5.82 Å². The number of carbonyl (C=O) groups excluding carboxylic acids is 1. The van der Waals surface area contributed by atoms with Crippen LogP contribution in [0.1, 0.15) is 28.8 Å². The number of aryl methyl sites for hydroxylation is 1. The Labute approximate surface area is 204 Å². The van der Waals surface area contributed by atoms with Gasteiger partial charge in [-0.3, -0.25) is 4.79 Å². The lowest BCUT2D eigenvalue weighted by atomic mass is 10.1. The normalized spacial score (nSPS) is 18.1. The molecule has 1 atom stereocenters. The van der Waals surface area contributed by atoms with Gasteiger partial charge >= 0.3 is 0 Å². The summed E-state index contributed by atoms with van der Waals surface area (Å²) in [5, 5.41) is 3.00. The summed E-state index contributed by atoms with van der Waals surface area (Å²) < 4.78 is 19.1. The zero-order valence-corrected chi connectivity index (χ0v) is 19.9. The van der Waals surface area contributed by atoms with Gasteiger partial charge in [0.2, 0.25) is 0 Å². The topological polar surface area (TPSA) is 70.6 Å². The number of para-hydroxylation sites is 1. The van der Waals surface area contributed by atoms with E-state index in [1.807, 2.05) is 0 Å². The van der Waals surface area contributed by atoms with E-state index in [2.05, 4.69) is 51.3 Å². The Morgan fingerprint density at radius 3 is 2.54 bits per heavy atom. The molecule has 0 saturated carbocycles. The Morgan fingerprint density at radius 2 is 1.83 bits per heavy atom. The smallest absolute Gasteiger partial charge is 0.256 e. The molecular weight excluding hydrogens is 445 g/mol. The van der Waals surface area contributed by atoms with Crippen molar-refractivity contribution >= 4 is 17.4 Å². The number of ether oxygens (including phenoxy) is 1. The van der Waals surface area contributed by atoms with E-state index in [-0.39, 0.29) is 17.8 Å². The maximum atomic E-state index is 13.4. The molecule has 2 aromatic carbocycles. The fourth-order valence-corrected chi connectivity index (χ4v) is 4.70.